The fourth-order valence-electron chi connectivity index (χ4n) is 3.32. The fourth-order valence-corrected chi connectivity index (χ4v) is 3.32. The maximum atomic E-state index is 5.91. The van der Waals surface area contributed by atoms with Gasteiger partial charge in [-0.2, -0.15) is 0 Å². The van der Waals surface area contributed by atoms with Gasteiger partial charge in [-0.3, -0.25) is 4.90 Å². The first-order valence-corrected chi connectivity index (χ1v) is 7.91. The van der Waals surface area contributed by atoms with E-state index in [0.29, 0.717) is 12.1 Å². The number of rotatable bonds is 7. The molecule has 0 aromatic heterocycles. The van der Waals surface area contributed by atoms with Crippen molar-refractivity contribution in [2.24, 2.45) is 0 Å². The van der Waals surface area contributed by atoms with Gasteiger partial charge in [0, 0.05) is 38.6 Å². The second-order valence-corrected chi connectivity index (χ2v) is 5.95. The zero-order chi connectivity index (χ0) is 14.4. The number of nitrogens with zero attached hydrogens (tertiary/aromatic N) is 1. The third-order valence-electron chi connectivity index (χ3n) is 4.51. The lowest BCUT2D eigenvalue weighted by Gasteiger charge is -2.45. The van der Waals surface area contributed by atoms with Crippen LogP contribution in [0.5, 0.6) is 0 Å². The van der Waals surface area contributed by atoms with Crippen LogP contribution in [-0.2, 0) is 14.2 Å². The quantitative estimate of drug-likeness (QED) is 0.762. The lowest BCUT2D eigenvalue weighted by molar-refractivity contribution is -0.192. The summed E-state index contributed by atoms with van der Waals surface area (Å²) in [6, 6.07) is 0.971. The summed E-state index contributed by atoms with van der Waals surface area (Å²) in [5, 5.41) is 3.69. The maximum absolute atomic E-state index is 5.91. The van der Waals surface area contributed by atoms with Crippen LogP contribution in [0.3, 0.4) is 0 Å². The Labute approximate surface area is 122 Å². The number of nitrogens with one attached hydrogen (secondary N) is 1. The molecule has 1 aliphatic heterocycles. The highest BCUT2D eigenvalue weighted by Crippen LogP contribution is 2.37. The third kappa shape index (κ3) is 3.92. The topological polar surface area (TPSA) is 43.0 Å². The minimum absolute atomic E-state index is 0.323. The second-order valence-electron chi connectivity index (χ2n) is 5.95. The van der Waals surface area contributed by atoms with Gasteiger partial charge in [-0.25, -0.2) is 0 Å². The molecule has 2 rings (SSSR count). The van der Waals surface area contributed by atoms with Gasteiger partial charge < -0.3 is 19.5 Å². The van der Waals surface area contributed by atoms with Crippen LogP contribution < -0.4 is 5.32 Å². The molecule has 0 aromatic rings. The average molecular weight is 286 g/mol. The van der Waals surface area contributed by atoms with Crippen molar-refractivity contribution in [2.45, 2.75) is 50.5 Å². The Hall–Kier alpha value is -0.200. The summed E-state index contributed by atoms with van der Waals surface area (Å²) in [6.45, 7) is 6.48. The normalized spacial score (nSPS) is 29.4. The molecule has 2 fully saturated rings. The lowest BCUT2D eigenvalue weighted by Crippen LogP contribution is -2.57. The molecule has 0 radical (unpaired) electrons. The Kier molecular flexibility index (Phi) is 6.23. The van der Waals surface area contributed by atoms with Crippen molar-refractivity contribution < 1.29 is 14.2 Å². The molecule has 2 aliphatic rings. The van der Waals surface area contributed by atoms with E-state index in [0.717, 1.165) is 52.2 Å². The zero-order valence-electron chi connectivity index (χ0n) is 13.2. The summed E-state index contributed by atoms with van der Waals surface area (Å²) in [4.78, 5) is 2.39. The van der Waals surface area contributed by atoms with Crippen molar-refractivity contribution in [1.29, 1.82) is 0 Å². The van der Waals surface area contributed by atoms with E-state index in [1.54, 1.807) is 7.11 Å². The van der Waals surface area contributed by atoms with Crippen LogP contribution in [-0.4, -0.2) is 69.8 Å². The Bertz CT molecular complexity index is 282. The standard InChI is InChI=1S/C15H30N2O3/c1-4-7-16-13-5-6-15(19-10-11-20-15)12-14(13)17(2)8-9-18-3/h13-14,16H,4-12H2,1-3H3. The largest absolute Gasteiger partial charge is 0.383 e. The average Bonchev–Trinajstić information content (AvgIpc) is 2.91. The Morgan fingerprint density at radius 1 is 1.35 bits per heavy atom. The van der Waals surface area contributed by atoms with Gasteiger partial charge in [0.05, 0.1) is 19.8 Å². The minimum Gasteiger partial charge on any atom is -0.383 e. The highest BCUT2D eigenvalue weighted by molar-refractivity contribution is 4.95. The van der Waals surface area contributed by atoms with Gasteiger partial charge >= 0.3 is 0 Å². The van der Waals surface area contributed by atoms with Crippen molar-refractivity contribution in [3.8, 4) is 0 Å². The van der Waals surface area contributed by atoms with Crippen LogP contribution in [0.15, 0.2) is 0 Å². The van der Waals surface area contributed by atoms with Gasteiger partial charge in [0.15, 0.2) is 5.79 Å². The molecule has 1 heterocycles. The first kappa shape index (κ1) is 16.2. The third-order valence-corrected chi connectivity index (χ3v) is 4.51. The highest BCUT2D eigenvalue weighted by atomic mass is 16.7. The smallest absolute Gasteiger partial charge is 0.170 e. The van der Waals surface area contributed by atoms with Crippen molar-refractivity contribution >= 4 is 0 Å². The van der Waals surface area contributed by atoms with Gasteiger partial charge in [0.25, 0.3) is 0 Å². The molecule has 5 heteroatoms. The van der Waals surface area contributed by atoms with E-state index in [4.69, 9.17) is 14.2 Å². The zero-order valence-corrected chi connectivity index (χ0v) is 13.2. The number of hydrogen-bond acceptors (Lipinski definition) is 5. The molecule has 0 aromatic carbocycles. The van der Waals surface area contributed by atoms with Gasteiger partial charge in [-0.05, 0) is 26.4 Å². The number of likely N-dealkylation sites (N-methyl/N-ethyl adjacent to an activating group) is 1. The summed E-state index contributed by atoms with van der Waals surface area (Å²) in [6.07, 6.45) is 4.24. The van der Waals surface area contributed by atoms with Gasteiger partial charge in [-0.1, -0.05) is 6.92 Å². The van der Waals surface area contributed by atoms with Crippen LogP contribution in [0.1, 0.15) is 32.6 Å². The highest BCUT2D eigenvalue weighted by Gasteiger charge is 2.46. The molecule has 0 bridgehead atoms. The van der Waals surface area contributed by atoms with E-state index in [9.17, 15) is 0 Å². The van der Waals surface area contributed by atoms with Crippen LogP contribution in [0.4, 0.5) is 0 Å². The molecule has 2 atom stereocenters. The van der Waals surface area contributed by atoms with Gasteiger partial charge in [0.1, 0.15) is 0 Å². The predicted molar refractivity (Wildman–Crippen MR) is 78.9 cm³/mol. The first-order valence-electron chi connectivity index (χ1n) is 7.91. The molecule has 1 saturated carbocycles. The molecular formula is C15H30N2O3. The Morgan fingerprint density at radius 3 is 2.75 bits per heavy atom. The molecule has 20 heavy (non-hydrogen) atoms. The predicted octanol–water partition coefficient (Wildman–Crippen LogP) is 1.23. The van der Waals surface area contributed by atoms with Crippen molar-refractivity contribution in [3.63, 3.8) is 0 Å². The molecule has 1 saturated heterocycles. The van der Waals surface area contributed by atoms with Crippen molar-refractivity contribution in [2.75, 3.05) is 47.1 Å². The van der Waals surface area contributed by atoms with E-state index < -0.39 is 0 Å². The van der Waals surface area contributed by atoms with Gasteiger partial charge in [-0.15, -0.1) is 0 Å². The Balaban J connectivity index is 1.97. The van der Waals surface area contributed by atoms with Crippen LogP contribution in [0.2, 0.25) is 0 Å². The van der Waals surface area contributed by atoms with E-state index in [-0.39, 0.29) is 5.79 Å². The lowest BCUT2D eigenvalue weighted by atomic mass is 9.84. The molecule has 118 valence electrons. The number of hydrogen-bond donors (Lipinski definition) is 1. The summed E-state index contributed by atoms with van der Waals surface area (Å²) in [7, 11) is 3.94. The van der Waals surface area contributed by atoms with E-state index >= 15 is 0 Å². The summed E-state index contributed by atoms with van der Waals surface area (Å²) in [5.74, 6) is -0.323. The van der Waals surface area contributed by atoms with Crippen LogP contribution in [0, 0.1) is 0 Å². The first-order chi connectivity index (χ1) is 9.71. The SMILES string of the molecule is CCCNC1CCC2(CC1N(C)CCOC)OCCO2. The van der Waals surface area contributed by atoms with E-state index in [2.05, 4.69) is 24.2 Å². The van der Waals surface area contributed by atoms with E-state index in [1.165, 1.54) is 6.42 Å². The molecule has 1 N–H and O–H groups in total. The Morgan fingerprint density at radius 2 is 2.10 bits per heavy atom. The summed E-state index contributed by atoms with van der Waals surface area (Å²) in [5.41, 5.74) is 0. The van der Waals surface area contributed by atoms with Crippen LogP contribution in [0.25, 0.3) is 0 Å². The molecule has 5 nitrogen and oxygen atoms in total. The van der Waals surface area contributed by atoms with Crippen LogP contribution >= 0.6 is 0 Å². The minimum atomic E-state index is -0.323. The van der Waals surface area contributed by atoms with E-state index in [1.807, 2.05) is 0 Å². The fraction of sp³-hybridized carbons (Fsp3) is 1.00. The second kappa shape index (κ2) is 7.71. The maximum Gasteiger partial charge on any atom is 0.170 e. The summed E-state index contributed by atoms with van der Waals surface area (Å²) >= 11 is 0. The monoisotopic (exact) mass is 286 g/mol. The summed E-state index contributed by atoms with van der Waals surface area (Å²) < 4.78 is 17.0. The molecule has 1 spiro atoms. The molecule has 0 amide bonds. The van der Waals surface area contributed by atoms with Crippen molar-refractivity contribution in [1.82, 2.24) is 10.2 Å². The molecule has 1 aliphatic carbocycles. The number of methoxy groups -OCH3 is 1. The number of ether oxygens (including phenoxy) is 3. The molecular weight excluding hydrogens is 256 g/mol. The van der Waals surface area contributed by atoms with Crippen molar-refractivity contribution in [3.05, 3.63) is 0 Å². The van der Waals surface area contributed by atoms with Gasteiger partial charge in [0.2, 0.25) is 0 Å². The molecule has 2 unspecified atom stereocenters.